The average molecular weight is 437 g/mol. The Morgan fingerprint density at radius 2 is 1.45 bits per heavy atom. The number of rotatable bonds is 8. The van der Waals surface area contributed by atoms with Crippen LogP contribution in [0.5, 0.6) is 0 Å². The summed E-state index contributed by atoms with van der Waals surface area (Å²) in [6, 6.07) is 18.8. The zero-order valence-electron chi connectivity index (χ0n) is 16.6. The van der Waals surface area contributed by atoms with Crippen LogP contribution in [0.15, 0.2) is 83.8 Å². The van der Waals surface area contributed by atoms with Gasteiger partial charge in [-0.3, -0.25) is 19.7 Å². The highest BCUT2D eigenvalue weighted by Crippen LogP contribution is 2.24. The summed E-state index contributed by atoms with van der Waals surface area (Å²) in [7, 11) is -4.17. The number of hydrogen-bond donors (Lipinski definition) is 0. The molecule has 0 radical (unpaired) electrons. The van der Waals surface area contributed by atoms with Gasteiger partial charge in [0.15, 0.2) is 21.4 Å². The summed E-state index contributed by atoms with van der Waals surface area (Å²) < 4.78 is 26.6. The van der Waals surface area contributed by atoms with Gasteiger partial charge in [-0.05, 0) is 31.2 Å². The standard InChI is InChI=1S/C23H19NO6S/c1-16-7-13-20(14-8-16)31(29,30)22(23(26)18-5-3-2-4-6-18)15-21(25)17-9-11-19(12-10-17)24(27)28/h2-14,22H,15H2,1H3/t22-/m0/s1. The predicted octanol–water partition coefficient (Wildman–Crippen LogP) is 4.20. The second-order valence-corrected chi connectivity index (χ2v) is 9.14. The van der Waals surface area contributed by atoms with Crippen molar-refractivity contribution in [1.29, 1.82) is 0 Å². The number of benzene rings is 3. The lowest BCUT2D eigenvalue weighted by Crippen LogP contribution is -2.33. The van der Waals surface area contributed by atoms with Crippen LogP contribution in [0.25, 0.3) is 0 Å². The van der Waals surface area contributed by atoms with Crippen molar-refractivity contribution in [2.45, 2.75) is 23.5 Å². The fourth-order valence-corrected chi connectivity index (χ4v) is 4.71. The lowest BCUT2D eigenvalue weighted by molar-refractivity contribution is -0.384. The number of nitro benzene ring substituents is 1. The number of hydrogen-bond acceptors (Lipinski definition) is 6. The number of non-ortho nitro benzene ring substituents is 1. The third-order valence-electron chi connectivity index (χ3n) is 4.85. The van der Waals surface area contributed by atoms with E-state index < -0.39 is 38.0 Å². The van der Waals surface area contributed by atoms with E-state index in [4.69, 9.17) is 0 Å². The first-order valence-corrected chi connectivity index (χ1v) is 10.9. The van der Waals surface area contributed by atoms with Crippen LogP contribution in [0.2, 0.25) is 0 Å². The van der Waals surface area contributed by atoms with Gasteiger partial charge in [-0.1, -0.05) is 48.0 Å². The van der Waals surface area contributed by atoms with Crippen LogP contribution >= 0.6 is 0 Å². The second-order valence-electron chi connectivity index (χ2n) is 7.01. The summed E-state index contributed by atoms with van der Waals surface area (Å²) >= 11 is 0. The minimum atomic E-state index is -4.17. The van der Waals surface area contributed by atoms with E-state index in [2.05, 4.69) is 0 Å². The molecule has 3 aromatic carbocycles. The average Bonchev–Trinajstić information content (AvgIpc) is 2.77. The van der Waals surface area contributed by atoms with Gasteiger partial charge in [0.1, 0.15) is 5.25 Å². The Morgan fingerprint density at radius 3 is 2.00 bits per heavy atom. The molecule has 3 aromatic rings. The summed E-state index contributed by atoms with van der Waals surface area (Å²) in [5.41, 5.74) is 0.933. The number of carbonyl (C=O) groups excluding carboxylic acids is 2. The van der Waals surface area contributed by atoms with Crippen LogP contribution in [-0.2, 0) is 9.84 Å². The van der Waals surface area contributed by atoms with Crippen LogP contribution in [0.3, 0.4) is 0 Å². The molecule has 0 amide bonds. The molecule has 3 rings (SSSR count). The maximum Gasteiger partial charge on any atom is 0.269 e. The zero-order valence-corrected chi connectivity index (χ0v) is 17.4. The predicted molar refractivity (Wildman–Crippen MR) is 115 cm³/mol. The molecule has 0 heterocycles. The van der Waals surface area contributed by atoms with Gasteiger partial charge in [0, 0.05) is 29.7 Å². The van der Waals surface area contributed by atoms with E-state index in [0.717, 1.165) is 17.7 Å². The summed E-state index contributed by atoms with van der Waals surface area (Å²) in [4.78, 5) is 36.1. The molecule has 0 saturated carbocycles. The maximum absolute atomic E-state index is 13.3. The van der Waals surface area contributed by atoms with Gasteiger partial charge >= 0.3 is 0 Å². The van der Waals surface area contributed by atoms with Gasteiger partial charge in [-0.2, -0.15) is 0 Å². The number of sulfone groups is 1. The maximum atomic E-state index is 13.3. The fourth-order valence-electron chi connectivity index (χ4n) is 3.08. The lowest BCUT2D eigenvalue weighted by atomic mass is 10.0. The molecule has 0 unspecified atom stereocenters. The first-order chi connectivity index (χ1) is 14.7. The molecule has 0 spiro atoms. The Labute approximate surface area is 179 Å². The molecular weight excluding hydrogens is 418 g/mol. The highest BCUT2D eigenvalue weighted by molar-refractivity contribution is 7.92. The van der Waals surface area contributed by atoms with Crippen LogP contribution in [0.1, 0.15) is 32.7 Å². The van der Waals surface area contributed by atoms with Crippen molar-refractivity contribution in [2.24, 2.45) is 0 Å². The molecule has 0 aromatic heterocycles. The minimum absolute atomic E-state index is 0.0520. The normalized spacial score (nSPS) is 12.2. The third-order valence-corrected chi connectivity index (χ3v) is 6.90. The van der Waals surface area contributed by atoms with Crippen molar-refractivity contribution in [3.63, 3.8) is 0 Å². The van der Waals surface area contributed by atoms with Gasteiger partial charge in [-0.25, -0.2) is 8.42 Å². The summed E-state index contributed by atoms with van der Waals surface area (Å²) in [5.74, 6) is -1.28. The van der Waals surface area contributed by atoms with E-state index in [1.165, 1.54) is 36.4 Å². The second kappa shape index (κ2) is 9.01. The summed E-state index contributed by atoms with van der Waals surface area (Å²) in [5, 5.41) is 9.19. The Kier molecular flexibility index (Phi) is 6.41. The van der Waals surface area contributed by atoms with Gasteiger partial charge in [0.05, 0.1) is 9.82 Å². The zero-order chi connectivity index (χ0) is 22.6. The largest absolute Gasteiger partial charge is 0.294 e. The Morgan fingerprint density at radius 1 is 0.871 bits per heavy atom. The third kappa shape index (κ3) is 4.92. The lowest BCUT2D eigenvalue weighted by Gasteiger charge is -2.17. The Hall–Kier alpha value is -3.65. The van der Waals surface area contributed by atoms with Gasteiger partial charge < -0.3 is 0 Å². The molecular formula is C23H19NO6S. The molecule has 0 aliphatic carbocycles. The molecule has 0 fully saturated rings. The van der Waals surface area contributed by atoms with Gasteiger partial charge in [0.2, 0.25) is 0 Å². The number of carbonyl (C=O) groups is 2. The Balaban J connectivity index is 1.99. The van der Waals surface area contributed by atoms with Gasteiger partial charge in [-0.15, -0.1) is 0 Å². The van der Waals surface area contributed by atoms with E-state index in [1.54, 1.807) is 37.3 Å². The topological polar surface area (TPSA) is 111 Å². The quantitative estimate of drug-likeness (QED) is 0.297. The van der Waals surface area contributed by atoms with Crippen LogP contribution < -0.4 is 0 Å². The van der Waals surface area contributed by atoms with Crippen molar-refractivity contribution < 1.29 is 22.9 Å². The molecule has 1 atom stereocenters. The minimum Gasteiger partial charge on any atom is -0.294 e. The van der Waals surface area contributed by atoms with Crippen LogP contribution in [0, 0.1) is 17.0 Å². The van der Waals surface area contributed by atoms with Crippen molar-refractivity contribution in [3.8, 4) is 0 Å². The highest BCUT2D eigenvalue weighted by atomic mass is 32.2. The van der Waals surface area contributed by atoms with Gasteiger partial charge in [0.25, 0.3) is 5.69 Å². The van der Waals surface area contributed by atoms with Crippen molar-refractivity contribution >= 4 is 27.1 Å². The molecule has 0 bridgehead atoms. The van der Waals surface area contributed by atoms with Crippen molar-refractivity contribution in [2.75, 3.05) is 0 Å². The fraction of sp³-hybridized carbons (Fsp3) is 0.130. The van der Waals surface area contributed by atoms with E-state index in [0.29, 0.717) is 0 Å². The molecule has 0 saturated heterocycles. The number of Topliss-reactive ketones (excluding diaryl/α,β-unsaturated/α-hetero) is 2. The molecule has 31 heavy (non-hydrogen) atoms. The summed E-state index contributed by atoms with van der Waals surface area (Å²) in [6.07, 6.45) is -0.582. The smallest absolute Gasteiger partial charge is 0.269 e. The molecule has 7 nitrogen and oxygen atoms in total. The molecule has 0 aliphatic rings. The molecule has 158 valence electrons. The number of nitro groups is 1. The summed E-state index contributed by atoms with van der Waals surface area (Å²) in [6.45, 7) is 1.81. The Bertz CT molecular complexity index is 1220. The first-order valence-electron chi connectivity index (χ1n) is 9.37. The number of nitrogens with zero attached hydrogens (tertiary/aromatic N) is 1. The van der Waals surface area contributed by atoms with E-state index in [1.807, 2.05) is 0 Å². The molecule has 8 heteroatoms. The van der Waals surface area contributed by atoms with E-state index >= 15 is 0 Å². The SMILES string of the molecule is Cc1ccc(S(=O)(=O)[C@@H](CC(=O)c2ccc([N+](=O)[O-])cc2)C(=O)c2ccccc2)cc1. The van der Waals surface area contributed by atoms with Crippen LogP contribution in [-0.4, -0.2) is 30.2 Å². The van der Waals surface area contributed by atoms with E-state index in [9.17, 15) is 28.1 Å². The van der Waals surface area contributed by atoms with E-state index in [-0.39, 0.29) is 21.7 Å². The highest BCUT2D eigenvalue weighted by Gasteiger charge is 2.36. The molecule has 0 aliphatic heterocycles. The van der Waals surface area contributed by atoms with Crippen molar-refractivity contribution in [1.82, 2.24) is 0 Å². The first kappa shape index (κ1) is 22.0. The number of aryl methyl sites for hydroxylation is 1. The number of ketones is 2. The monoisotopic (exact) mass is 437 g/mol. The van der Waals surface area contributed by atoms with Crippen molar-refractivity contribution in [3.05, 3.63) is 106 Å². The molecule has 0 N–H and O–H groups in total. The van der Waals surface area contributed by atoms with Crippen LogP contribution in [0.4, 0.5) is 5.69 Å².